The molecule has 0 aromatic heterocycles. The molecule has 1 aromatic carbocycles. The number of para-hydroxylation sites is 1. The first-order valence-electron chi connectivity index (χ1n) is 7.50. The van der Waals surface area contributed by atoms with Crippen LogP contribution < -0.4 is 10.6 Å². The van der Waals surface area contributed by atoms with E-state index in [1.54, 1.807) is 6.08 Å². The summed E-state index contributed by atoms with van der Waals surface area (Å²) in [5.74, 6) is -0.853. The highest BCUT2D eigenvalue weighted by Gasteiger charge is 2.28. The van der Waals surface area contributed by atoms with Crippen molar-refractivity contribution < 1.29 is 9.59 Å². The number of carbonyl (C=O) groups excluding carboxylic acids is 2. The molecule has 1 aromatic rings. The average Bonchev–Trinajstić information content (AvgIpc) is 2.58. The molecule has 2 N–H and O–H groups in total. The fraction of sp³-hybridized carbons (Fsp3) is 0.167. The summed E-state index contributed by atoms with van der Waals surface area (Å²) in [6, 6.07) is 9.77. The third-order valence-corrected chi connectivity index (χ3v) is 3.63. The first-order chi connectivity index (χ1) is 11.2. The molecule has 0 bridgehead atoms. The van der Waals surface area contributed by atoms with E-state index in [1.807, 2.05) is 48.6 Å². The van der Waals surface area contributed by atoms with Gasteiger partial charge in [-0.3, -0.25) is 9.59 Å². The molecule has 0 saturated heterocycles. The molecule has 1 aliphatic heterocycles. The second kappa shape index (κ2) is 6.87. The minimum atomic E-state index is -0.385. The quantitative estimate of drug-likeness (QED) is 0.816. The summed E-state index contributed by atoms with van der Waals surface area (Å²) in [6.45, 7) is 1.08. The molecule has 1 aliphatic carbocycles. The first kappa shape index (κ1) is 15.0. The van der Waals surface area contributed by atoms with Crippen molar-refractivity contribution >= 4 is 23.2 Å². The van der Waals surface area contributed by atoms with Crippen molar-refractivity contribution in [3.8, 4) is 0 Å². The number of hydrogen-bond donors (Lipinski definition) is 2. The van der Waals surface area contributed by atoms with Crippen LogP contribution in [0.1, 0.15) is 0 Å². The van der Waals surface area contributed by atoms with Crippen molar-refractivity contribution in [2.75, 3.05) is 18.4 Å². The van der Waals surface area contributed by atoms with Gasteiger partial charge < -0.3 is 10.6 Å². The van der Waals surface area contributed by atoms with Gasteiger partial charge in [0.1, 0.15) is 0 Å². The van der Waals surface area contributed by atoms with Crippen LogP contribution >= 0.6 is 0 Å². The van der Waals surface area contributed by atoms with Gasteiger partial charge in [-0.2, -0.15) is 0 Å². The first-order valence-corrected chi connectivity index (χ1v) is 7.50. The van der Waals surface area contributed by atoms with Crippen molar-refractivity contribution in [1.29, 1.82) is 0 Å². The van der Waals surface area contributed by atoms with Crippen LogP contribution in [0.25, 0.3) is 0 Å². The van der Waals surface area contributed by atoms with Crippen molar-refractivity contribution in [3.63, 3.8) is 0 Å². The summed E-state index contributed by atoms with van der Waals surface area (Å²) in [5, 5.41) is 6.06. The molecule has 0 radical (unpaired) electrons. The van der Waals surface area contributed by atoms with E-state index >= 15 is 0 Å². The molecule has 0 fully saturated rings. The van der Waals surface area contributed by atoms with Crippen LogP contribution in [0, 0.1) is 5.92 Å². The van der Waals surface area contributed by atoms with Gasteiger partial charge in [-0.1, -0.05) is 36.4 Å². The Morgan fingerprint density at radius 3 is 2.78 bits per heavy atom. The summed E-state index contributed by atoms with van der Waals surface area (Å²) in [7, 11) is 0. The maximum absolute atomic E-state index is 12.3. The maximum Gasteiger partial charge on any atom is 0.270 e. The van der Waals surface area contributed by atoms with Crippen LogP contribution in [-0.4, -0.2) is 30.6 Å². The Kier molecular flexibility index (Phi) is 4.47. The van der Waals surface area contributed by atoms with E-state index in [9.17, 15) is 9.59 Å². The van der Waals surface area contributed by atoms with Crippen molar-refractivity contribution in [2.24, 2.45) is 10.9 Å². The maximum atomic E-state index is 12.3. The van der Waals surface area contributed by atoms with Gasteiger partial charge in [0.15, 0.2) is 0 Å². The summed E-state index contributed by atoms with van der Waals surface area (Å²) in [4.78, 5) is 27.9. The number of allylic oxidation sites excluding steroid dienone is 4. The number of hydrogen-bond acceptors (Lipinski definition) is 3. The number of fused-ring (bicyclic) bond motifs is 1. The zero-order valence-electron chi connectivity index (χ0n) is 12.5. The fourth-order valence-electron chi connectivity index (χ4n) is 2.53. The van der Waals surface area contributed by atoms with E-state index < -0.39 is 0 Å². The zero-order valence-corrected chi connectivity index (χ0v) is 12.5. The van der Waals surface area contributed by atoms with Crippen molar-refractivity contribution in [2.45, 2.75) is 0 Å². The van der Waals surface area contributed by atoms with Crippen LogP contribution in [0.2, 0.25) is 0 Å². The number of dihydropyridines is 1. The van der Waals surface area contributed by atoms with Gasteiger partial charge in [-0.15, -0.1) is 0 Å². The number of nitrogens with one attached hydrogen (secondary N) is 2. The lowest BCUT2D eigenvalue weighted by Gasteiger charge is -2.21. The molecule has 1 unspecified atom stereocenters. The number of benzene rings is 1. The number of rotatable bonds is 5. The number of amides is 2. The zero-order chi connectivity index (χ0) is 16.1. The minimum Gasteiger partial charge on any atom is -0.383 e. The summed E-state index contributed by atoms with van der Waals surface area (Å²) >= 11 is 0. The summed E-state index contributed by atoms with van der Waals surface area (Å²) in [5.41, 5.74) is 2.07. The molecule has 1 atom stereocenters. The molecule has 2 aliphatic rings. The van der Waals surface area contributed by atoms with Crippen LogP contribution in [0.4, 0.5) is 5.69 Å². The molecular formula is C18H17N3O2. The minimum absolute atomic E-state index is 0.231. The van der Waals surface area contributed by atoms with Crippen molar-refractivity contribution in [3.05, 3.63) is 66.3 Å². The van der Waals surface area contributed by atoms with Crippen molar-refractivity contribution in [1.82, 2.24) is 5.32 Å². The van der Waals surface area contributed by atoms with Crippen LogP contribution in [-0.2, 0) is 9.59 Å². The number of anilines is 1. The Labute approximate surface area is 134 Å². The largest absolute Gasteiger partial charge is 0.383 e. The highest BCUT2D eigenvalue weighted by atomic mass is 16.2. The number of aliphatic imine (C=N–C) groups is 1. The van der Waals surface area contributed by atoms with E-state index in [-0.39, 0.29) is 17.7 Å². The summed E-state index contributed by atoms with van der Waals surface area (Å²) in [6.07, 6.45) is 8.63. The van der Waals surface area contributed by atoms with Gasteiger partial charge in [0, 0.05) is 30.4 Å². The summed E-state index contributed by atoms with van der Waals surface area (Å²) < 4.78 is 0. The molecule has 3 rings (SSSR count). The van der Waals surface area contributed by atoms with E-state index in [2.05, 4.69) is 15.6 Å². The monoisotopic (exact) mass is 307 g/mol. The highest BCUT2D eigenvalue weighted by Crippen LogP contribution is 2.23. The topological polar surface area (TPSA) is 70.6 Å². The predicted molar refractivity (Wildman–Crippen MR) is 90.2 cm³/mol. The van der Waals surface area contributed by atoms with Gasteiger partial charge in [0.25, 0.3) is 5.91 Å². The molecule has 116 valence electrons. The van der Waals surface area contributed by atoms with Crippen LogP contribution in [0.5, 0.6) is 0 Å². The lowest BCUT2D eigenvalue weighted by atomic mass is 9.87. The molecule has 5 nitrogen and oxygen atoms in total. The second-order valence-electron chi connectivity index (χ2n) is 5.24. The Morgan fingerprint density at radius 1 is 1.13 bits per heavy atom. The van der Waals surface area contributed by atoms with E-state index in [1.165, 1.54) is 6.08 Å². The lowest BCUT2D eigenvalue weighted by Crippen LogP contribution is -2.35. The fourth-order valence-corrected chi connectivity index (χ4v) is 2.53. The Morgan fingerprint density at radius 2 is 1.96 bits per heavy atom. The second-order valence-corrected chi connectivity index (χ2v) is 5.24. The van der Waals surface area contributed by atoms with Crippen LogP contribution in [0.15, 0.2) is 71.3 Å². The molecule has 0 spiro atoms. The third-order valence-electron chi connectivity index (χ3n) is 3.63. The SMILES string of the molecule is O=C1C=C(C(=O)NCCNc2ccccc2)C2C=CC=CC2=N1. The normalized spacial score (nSPS) is 18.8. The number of carbonyl (C=O) groups is 2. The van der Waals surface area contributed by atoms with Gasteiger partial charge in [-0.05, 0) is 18.2 Å². The smallest absolute Gasteiger partial charge is 0.270 e. The Bertz CT molecular complexity index is 730. The third kappa shape index (κ3) is 3.63. The molecule has 0 saturated carbocycles. The van der Waals surface area contributed by atoms with Gasteiger partial charge >= 0.3 is 0 Å². The molecule has 5 heteroatoms. The number of nitrogens with zero attached hydrogens (tertiary/aromatic N) is 1. The Hall–Kier alpha value is -2.95. The van der Waals surface area contributed by atoms with E-state index in [4.69, 9.17) is 0 Å². The van der Waals surface area contributed by atoms with Gasteiger partial charge in [-0.25, -0.2) is 4.99 Å². The molecule has 2 amide bonds. The molecular weight excluding hydrogens is 290 g/mol. The standard InChI is InChI=1S/C18H17N3O2/c22-17-12-15(14-8-4-5-9-16(14)21-17)18(23)20-11-10-19-13-6-2-1-3-7-13/h1-9,12,14,19H,10-11H2,(H,20,23). The van der Waals surface area contributed by atoms with Gasteiger partial charge in [0.05, 0.1) is 11.6 Å². The van der Waals surface area contributed by atoms with Gasteiger partial charge in [0.2, 0.25) is 5.91 Å². The highest BCUT2D eigenvalue weighted by molar-refractivity contribution is 6.18. The average molecular weight is 307 g/mol. The lowest BCUT2D eigenvalue weighted by molar-refractivity contribution is -0.119. The Balaban J connectivity index is 1.55. The predicted octanol–water partition coefficient (Wildman–Crippen LogP) is 1.86. The molecule has 1 heterocycles. The molecule has 23 heavy (non-hydrogen) atoms. The van der Waals surface area contributed by atoms with Crippen LogP contribution in [0.3, 0.4) is 0 Å². The van der Waals surface area contributed by atoms with E-state index in [0.29, 0.717) is 24.4 Å². The van der Waals surface area contributed by atoms with E-state index in [0.717, 1.165) is 5.69 Å².